The Balaban J connectivity index is 1.32. The summed E-state index contributed by atoms with van der Waals surface area (Å²) >= 11 is 1.39. The molecule has 1 N–H and O–H groups in total. The van der Waals surface area contributed by atoms with Crippen molar-refractivity contribution in [2.24, 2.45) is 0 Å². The predicted molar refractivity (Wildman–Crippen MR) is 134 cm³/mol. The summed E-state index contributed by atoms with van der Waals surface area (Å²) in [5.74, 6) is 2.36. The van der Waals surface area contributed by atoms with E-state index in [0.717, 1.165) is 42.5 Å². The molecule has 1 amide bonds. The Morgan fingerprint density at radius 2 is 1.91 bits per heavy atom. The van der Waals surface area contributed by atoms with Crippen molar-refractivity contribution in [2.45, 2.75) is 31.5 Å². The van der Waals surface area contributed by atoms with Crippen molar-refractivity contribution in [1.29, 1.82) is 0 Å². The fraction of sp³-hybridized carbons (Fsp3) is 0.400. The van der Waals surface area contributed by atoms with Crippen LogP contribution in [0.2, 0.25) is 0 Å². The van der Waals surface area contributed by atoms with Crippen LogP contribution in [0.4, 0.5) is 5.95 Å². The third-order valence-corrected chi connectivity index (χ3v) is 7.06. The van der Waals surface area contributed by atoms with Gasteiger partial charge in [0.15, 0.2) is 16.7 Å². The monoisotopic (exact) mass is 495 g/mol. The summed E-state index contributed by atoms with van der Waals surface area (Å²) in [7, 11) is 0. The van der Waals surface area contributed by atoms with Crippen LogP contribution in [-0.4, -0.2) is 59.5 Å². The number of thioether (sulfide) groups is 1. The van der Waals surface area contributed by atoms with Crippen LogP contribution in [-0.2, 0) is 16.0 Å². The molecule has 2 aliphatic heterocycles. The van der Waals surface area contributed by atoms with E-state index >= 15 is 0 Å². The lowest BCUT2D eigenvalue weighted by Crippen LogP contribution is -2.38. The number of hydrogen-bond donors (Lipinski definition) is 1. The molecule has 184 valence electrons. The average Bonchev–Trinajstić information content (AvgIpc) is 3.54. The Morgan fingerprint density at radius 3 is 2.74 bits per heavy atom. The minimum atomic E-state index is -0.166. The Kier molecular flexibility index (Phi) is 7.10. The molecule has 1 unspecified atom stereocenters. The number of morpholine rings is 1. The molecule has 1 fully saturated rings. The predicted octanol–water partition coefficient (Wildman–Crippen LogP) is 3.36. The van der Waals surface area contributed by atoms with Crippen LogP contribution in [0.3, 0.4) is 0 Å². The minimum absolute atomic E-state index is 0.0774. The van der Waals surface area contributed by atoms with E-state index in [-0.39, 0.29) is 24.5 Å². The lowest BCUT2D eigenvalue weighted by molar-refractivity contribution is -0.119. The Labute approximate surface area is 208 Å². The summed E-state index contributed by atoms with van der Waals surface area (Å²) in [4.78, 5) is 15.0. The quantitative estimate of drug-likeness (QED) is 0.476. The summed E-state index contributed by atoms with van der Waals surface area (Å²) in [5.41, 5.74) is 3.20. The van der Waals surface area contributed by atoms with Crippen LogP contribution in [0.1, 0.15) is 31.0 Å². The van der Waals surface area contributed by atoms with Gasteiger partial charge >= 0.3 is 0 Å². The topological polar surface area (TPSA) is 90.7 Å². The summed E-state index contributed by atoms with van der Waals surface area (Å²) in [6.45, 7) is 7.14. The molecule has 2 aliphatic rings. The zero-order valence-electron chi connectivity index (χ0n) is 19.9. The zero-order valence-corrected chi connectivity index (χ0v) is 20.7. The molecule has 0 saturated carbocycles. The highest BCUT2D eigenvalue weighted by molar-refractivity contribution is 7.99. The molecule has 0 radical (unpaired) electrons. The second-order valence-corrected chi connectivity index (χ2v) is 9.33. The maximum absolute atomic E-state index is 12.8. The minimum Gasteiger partial charge on any atom is -0.454 e. The van der Waals surface area contributed by atoms with Crippen molar-refractivity contribution in [3.63, 3.8) is 0 Å². The third kappa shape index (κ3) is 5.08. The first kappa shape index (κ1) is 23.5. The van der Waals surface area contributed by atoms with Gasteiger partial charge in [0.25, 0.3) is 0 Å². The molecular weight excluding hydrogens is 466 g/mol. The number of carbonyl (C=O) groups is 1. The average molecular weight is 496 g/mol. The third-order valence-electron chi connectivity index (χ3n) is 6.13. The van der Waals surface area contributed by atoms with Gasteiger partial charge in [0, 0.05) is 13.1 Å². The lowest BCUT2D eigenvalue weighted by atomic mass is 10.1. The van der Waals surface area contributed by atoms with Gasteiger partial charge in [-0.05, 0) is 42.7 Å². The van der Waals surface area contributed by atoms with Gasteiger partial charge in [0.05, 0.1) is 30.7 Å². The number of nitrogens with one attached hydrogen (secondary N) is 1. The van der Waals surface area contributed by atoms with Crippen LogP contribution >= 0.6 is 11.8 Å². The number of benzene rings is 2. The summed E-state index contributed by atoms with van der Waals surface area (Å²) in [5, 5.41) is 12.8. The number of aryl methyl sites for hydroxylation is 1. The van der Waals surface area contributed by atoms with Gasteiger partial charge in [-0.2, -0.15) is 0 Å². The number of hydrogen-bond acceptors (Lipinski definition) is 8. The van der Waals surface area contributed by atoms with Crippen molar-refractivity contribution in [3.8, 4) is 17.2 Å². The van der Waals surface area contributed by atoms with E-state index in [1.165, 1.54) is 17.3 Å². The highest BCUT2D eigenvalue weighted by atomic mass is 32.2. The summed E-state index contributed by atoms with van der Waals surface area (Å²) < 4.78 is 18.4. The highest BCUT2D eigenvalue weighted by Crippen LogP contribution is 2.34. The molecule has 3 aromatic rings. The zero-order chi connectivity index (χ0) is 24.2. The molecule has 1 aromatic heterocycles. The van der Waals surface area contributed by atoms with Crippen molar-refractivity contribution in [3.05, 3.63) is 53.6 Å². The number of carbonyl (C=O) groups excluding carboxylic acids is 1. The first-order valence-electron chi connectivity index (χ1n) is 11.8. The summed E-state index contributed by atoms with van der Waals surface area (Å²) in [6.07, 6.45) is 0.883. The van der Waals surface area contributed by atoms with E-state index in [1.807, 2.05) is 37.3 Å². The molecule has 2 aromatic carbocycles. The first-order chi connectivity index (χ1) is 17.1. The largest absolute Gasteiger partial charge is 0.454 e. The van der Waals surface area contributed by atoms with Gasteiger partial charge in [-0.25, -0.2) is 0 Å². The van der Waals surface area contributed by atoms with Gasteiger partial charge in [-0.3, -0.25) is 9.36 Å². The van der Waals surface area contributed by atoms with Crippen LogP contribution in [0.25, 0.3) is 5.69 Å². The van der Waals surface area contributed by atoms with Crippen LogP contribution in [0.5, 0.6) is 11.5 Å². The fourth-order valence-corrected chi connectivity index (χ4v) is 4.99. The summed E-state index contributed by atoms with van der Waals surface area (Å²) in [6, 6.07) is 13.8. The number of rotatable bonds is 8. The Hall–Kier alpha value is -3.24. The molecule has 0 aliphatic carbocycles. The molecule has 1 atom stereocenters. The van der Waals surface area contributed by atoms with Crippen LogP contribution in [0.15, 0.2) is 47.6 Å². The van der Waals surface area contributed by atoms with Gasteiger partial charge in [0.1, 0.15) is 0 Å². The maximum atomic E-state index is 12.8. The second-order valence-electron chi connectivity index (χ2n) is 8.39. The first-order valence-corrected chi connectivity index (χ1v) is 12.8. The van der Waals surface area contributed by atoms with E-state index in [4.69, 9.17) is 14.2 Å². The van der Waals surface area contributed by atoms with E-state index in [2.05, 4.69) is 44.0 Å². The maximum Gasteiger partial charge on any atom is 0.232 e. The van der Waals surface area contributed by atoms with Gasteiger partial charge in [0.2, 0.25) is 18.6 Å². The fourth-order valence-electron chi connectivity index (χ4n) is 4.24. The van der Waals surface area contributed by atoms with Crippen LogP contribution in [0, 0.1) is 0 Å². The standard InChI is InChI=1S/C25H29N5O4S/c1-3-18-6-4-5-7-20(18)30-24(29-10-12-32-13-11-29)27-28-25(30)35-15-23(31)26-17(2)19-8-9-21-22(14-19)34-16-33-21/h4-9,14,17H,3,10-13,15-16H2,1-2H3,(H,26,31). The highest BCUT2D eigenvalue weighted by Gasteiger charge is 2.24. The van der Waals surface area contributed by atoms with Crippen molar-refractivity contribution in [1.82, 2.24) is 20.1 Å². The van der Waals surface area contributed by atoms with Gasteiger partial charge in [-0.15, -0.1) is 10.2 Å². The Morgan fingerprint density at radius 1 is 1.11 bits per heavy atom. The SMILES string of the molecule is CCc1ccccc1-n1c(SCC(=O)NC(C)c2ccc3c(c2)OCO3)nnc1N1CCOCC1. The molecule has 9 nitrogen and oxygen atoms in total. The number of para-hydroxylation sites is 1. The molecular formula is C25H29N5O4S. The molecule has 0 spiro atoms. The molecule has 35 heavy (non-hydrogen) atoms. The molecule has 3 heterocycles. The van der Waals surface area contributed by atoms with E-state index < -0.39 is 0 Å². The van der Waals surface area contributed by atoms with Crippen molar-refractivity contribution < 1.29 is 19.0 Å². The van der Waals surface area contributed by atoms with Crippen molar-refractivity contribution >= 4 is 23.6 Å². The number of anilines is 1. The van der Waals surface area contributed by atoms with Gasteiger partial charge in [-0.1, -0.05) is 43.0 Å². The van der Waals surface area contributed by atoms with E-state index in [9.17, 15) is 4.79 Å². The molecule has 10 heteroatoms. The van der Waals surface area contributed by atoms with Crippen molar-refractivity contribution in [2.75, 3.05) is 43.7 Å². The van der Waals surface area contributed by atoms with Crippen LogP contribution < -0.4 is 19.7 Å². The molecule has 1 saturated heterocycles. The number of fused-ring (bicyclic) bond motifs is 1. The Bertz CT molecular complexity index is 1190. The lowest BCUT2D eigenvalue weighted by Gasteiger charge is -2.28. The normalized spacial score (nSPS) is 15.8. The number of nitrogens with zero attached hydrogens (tertiary/aromatic N) is 4. The smallest absolute Gasteiger partial charge is 0.232 e. The molecule has 5 rings (SSSR count). The number of ether oxygens (including phenoxy) is 3. The number of amides is 1. The second kappa shape index (κ2) is 10.6. The van der Waals surface area contributed by atoms with E-state index in [0.29, 0.717) is 24.1 Å². The number of aromatic nitrogens is 3. The molecule has 0 bridgehead atoms. The van der Waals surface area contributed by atoms with Gasteiger partial charge < -0.3 is 24.4 Å². The van der Waals surface area contributed by atoms with E-state index in [1.54, 1.807) is 0 Å².